The van der Waals surface area contributed by atoms with Gasteiger partial charge in [0.15, 0.2) is 12.4 Å². The van der Waals surface area contributed by atoms with E-state index < -0.39 is 0 Å². The van der Waals surface area contributed by atoms with Gasteiger partial charge in [-0.25, -0.2) is 4.39 Å². The van der Waals surface area contributed by atoms with Gasteiger partial charge in [-0.1, -0.05) is 12.1 Å². The molecule has 2 aromatic rings. The van der Waals surface area contributed by atoms with Crippen molar-refractivity contribution >= 4 is 5.91 Å². The van der Waals surface area contributed by atoms with Crippen LogP contribution in [0, 0.1) is 5.82 Å². The molecule has 0 aliphatic heterocycles. The van der Waals surface area contributed by atoms with Crippen molar-refractivity contribution in [3.8, 4) is 5.75 Å². The number of hydrogen-bond donors (Lipinski definition) is 1. The maximum Gasteiger partial charge on any atom is 0.258 e. The monoisotopic (exact) mass is 291 g/mol. The standard InChI is InChI=1S/C15H18FN3O2/c1-3-19-9-14(8-17-19)21-10-15(20)18-11(2)12-4-6-13(16)7-5-12/h4-9,11H,3,10H2,1-2H3,(H,18,20)/t11-/m0/s1. The predicted molar refractivity (Wildman–Crippen MR) is 76.4 cm³/mol. The lowest BCUT2D eigenvalue weighted by Gasteiger charge is -2.14. The molecule has 1 aromatic carbocycles. The van der Waals surface area contributed by atoms with Crippen molar-refractivity contribution < 1.29 is 13.9 Å². The summed E-state index contributed by atoms with van der Waals surface area (Å²) in [4.78, 5) is 11.8. The number of rotatable bonds is 6. The SMILES string of the molecule is CCn1cc(OCC(=O)N[C@@H](C)c2ccc(F)cc2)cn1. The molecule has 0 bridgehead atoms. The van der Waals surface area contributed by atoms with Crippen LogP contribution in [0.3, 0.4) is 0 Å². The number of halogens is 1. The topological polar surface area (TPSA) is 56.1 Å². The Morgan fingerprint density at radius 1 is 1.43 bits per heavy atom. The van der Waals surface area contributed by atoms with Crippen LogP contribution in [0.25, 0.3) is 0 Å². The molecule has 112 valence electrons. The van der Waals surface area contributed by atoms with Crippen molar-refractivity contribution in [2.24, 2.45) is 0 Å². The van der Waals surface area contributed by atoms with Gasteiger partial charge in [0.2, 0.25) is 0 Å². The summed E-state index contributed by atoms with van der Waals surface area (Å²) in [5, 5.41) is 6.85. The first-order valence-corrected chi connectivity index (χ1v) is 6.78. The maximum absolute atomic E-state index is 12.8. The molecule has 1 atom stereocenters. The van der Waals surface area contributed by atoms with Crippen molar-refractivity contribution in [2.45, 2.75) is 26.4 Å². The normalized spacial score (nSPS) is 12.0. The minimum atomic E-state index is -0.298. The Morgan fingerprint density at radius 2 is 2.14 bits per heavy atom. The van der Waals surface area contributed by atoms with Crippen molar-refractivity contribution in [1.82, 2.24) is 15.1 Å². The molecule has 0 saturated carbocycles. The van der Waals surface area contributed by atoms with Crippen molar-refractivity contribution in [3.05, 3.63) is 48.0 Å². The van der Waals surface area contributed by atoms with Crippen LogP contribution in [0.15, 0.2) is 36.7 Å². The zero-order valence-corrected chi connectivity index (χ0v) is 12.0. The van der Waals surface area contributed by atoms with Crippen LogP contribution >= 0.6 is 0 Å². The van der Waals surface area contributed by atoms with Gasteiger partial charge < -0.3 is 10.1 Å². The number of nitrogens with one attached hydrogen (secondary N) is 1. The molecule has 0 aliphatic rings. The fraction of sp³-hybridized carbons (Fsp3) is 0.333. The molecule has 1 amide bonds. The third-order valence-electron chi connectivity index (χ3n) is 3.05. The van der Waals surface area contributed by atoms with Crippen LogP contribution < -0.4 is 10.1 Å². The highest BCUT2D eigenvalue weighted by molar-refractivity contribution is 5.77. The van der Waals surface area contributed by atoms with E-state index in [-0.39, 0.29) is 24.4 Å². The highest BCUT2D eigenvalue weighted by Gasteiger charge is 2.10. The fourth-order valence-corrected chi connectivity index (χ4v) is 1.86. The van der Waals surface area contributed by atoms with E-state index in [2.05, 4.69) is 10.4 Å². The smallest absolute Gasteiger partial charge is 0.258 e. The lowest BCUT2D eigenvalue weighted by molar-refractivity contribution is -0.123. The fourth-order valence-electron chi connectivity index (χ4n) is 1.86. The number of amides is 1. The Kier molecular flexibility index (Phi) is 4.92. The second kappa shape index (κ2) is 6.88. The van der Waals surface area contributed by atoms with Gasteiger partial charge in [-0.2, -0.15) is 5.10 Å². The molecule has 0 unspecified atom stereocenters. The van der Waals surface area contributed by atoms with Gasteiger partial charge in [0, 0.05) is 6.54 Å². The Labute approximate surface area is 122 Å². The quantitative estimate of drug-likeness (QED) is 0.888. The summed E-state index contributed by atoms with van der Waals surface area (Å²) >= 11 is 0. The zero-order valence-electron chi connectivity index (χ0n) is 12.0. The number of hydrogen-bond acceptors (Lipinski definition) is 3. The summed E-state index contributed by atoms with van der Waals surface area (Å²) in [5.74, 6) is 0.0195. The largest absolute Gasteiger partial charge is 0.480 e. The van der Waals surface area contributed by atoms with Crippen molar-refractivity contribution in [2.75, 3.05) is 6.61 Å². The lowest BCUT2D eigenvalue weighted by Crippen LogP contribution is -2.31. The first-order valence-electron chi connectivity index (χ1n) is 6.78. The first-order chi connectivity index (χ1) is 10.1. The molecule has 0 radical (unpaired) electrons. The van der Waals surface area contributed by atoms with Crippen LogP contribution in [-0.2, 0) is 11.3 Å². The number of nitrogens with zero attached hydrogens (tertiary/aromatic N) is 2. The summed E-state index contributed by atoms with van der Waals surface area (Å²) in [6, 6.07) is 5.82. The van der Waals surface area contributed by atoms with Crippen molar-refractivity contribution in [1.29, 1.82) is 0 Å². The van der Waals surface area contributed by atoms with E-state index in [1.54, 1.807) is 29.2 Å². The highest BCUT2D eigenvalue weighted by Crippen LogP contribution is 2.13. The Morgan fingerprint density at radius 3 is 2.76 bits per heavy atom. The molecule has 0 fully saturated rings. The molecule has 6 heteroatoms. The molecule has 0 saturated heterocycles. The van der Waals surface area contributed by atoms with E-state index in [4.69, 9.17) is 4.74 Å². The van der Waals surface area contributed by atoms with Crippen LogP contribution in [-0.4, -0.2) is 22.3 Å². The molecule has 21 heavy (non-hydrogen) atoms. The molecule has 1 aromatic heterocycles. The Hall–Kier alpha value is -2.37. The molecule has 2 rings (SSSR count). The summed E-state index contributed by atoms with van der Waals surface area (Å²) in [6.45, 7) is 4.46. The number of carbonyl (C=O) groups is 1. The molecule has 1 N–H and O–H groups in total. The first kappa shape index (κ1) is 15.0. The summed E-state index contributed by atoms with van der Waals surface area (Å²) < 4.78 is 19.9. The van der Waals surface area contributed by atoms with E-state index in [1.807, 2.05) is 13.8 Å². The zero-order chi connectivity index (χ0) is 15.2. The molecule has 0 spiro atoms. The average Bonchev–Trinajstić information content (AvgIpc) is 2.94. The number of carbonyl (C=O) groups excluding carboxylic acids is 1. The van der Waals surface area contributed by atoms with Crippen LogP contribution in [0.5, 0.6) is 5.75 Å². The van der Waals surface area contributed by atoms with Crippen LogP contribution in [0.1, 0.15) is 25.5 Å². The van der Waals surface area contributed by atoms with Gasteiger partial charge >= 0.3 is 0 Å². The summed E-state index contributed by atoms with van der Waals surface area (Å²) in [7, 11) is 0. The van der Waals surface area contributed by atoms with Gasteiger partial charge in [-0.05, 0) is 31.5 Å². The number of aromatic nitrogens is 2. The molecule has 5 nitrogen and oxygen atoms in total. The van der Waals surface area contributed by atoms with Gasteiger partial charge in [0.1, 0.15) is 5.82 Å². The van der Waals surface area contributed by atoms with Crippen LogP contribution in [0.2, 0.25) is 0 Å². The van der Waals surface area contributed by atoms with E-state index in [0.717, 1.165) is 12.1 Å². The van der Waals surface area contributed by atoms with E-state index >= 15 is 0 Å². The predicted octanol–water partition coefficient (Wildman–Crippen LogP) is 2.30. The van der Waals surface area contributed by atoms with E-state index in [9.17, 15) is 9.18 Å². The van der Waals surface area contributed by atoms with E-state index in [1.165, 1.54) is 12.1 Å². The summed E-state index contributed by atoms with van der Waals surface area (Å²) in [5.41, 5.74) is 0.837. The minimum Gasteiger partial charge on any atom is -0.480 e. The van der Waals surface area contributed by atoms with E-state index in [0.29, 0.717) is 5.75 Å². The Bertz CT molecular complexity index is 595. The maximum atomic E-state index is 12.8. The van der Waals surface area contributed by atoms with Gasteiger partial charge in [0.05, 0.1) is 18.4 Å². The van der Waals surface area contributed by atoms with Gasteiger partial charge in [0.25, 0.3) is 5.91 Å². The van der Waals surface area contributed by atoms with Gasteiger partial charge in [-0.3, -0.25) is 9.48 Å². The highest BCUT2D eigenvalue weighted by atomic mass is 19.1. The molecular weight excluding hydrogens is 273 g/mol. The van der Waals surface area contributed by atoms with Crippen LogP contribution in [0.4, 0.5) is 4.39 Å². The van der Waals surface area contributed by atoms with Gasteiger partial charge in [-0.15, -0.1) is 0 Å². The molecule has 1 heterocycles. The molecular formula is C15H18FN3O2. The third-order valence-corrected chi connectivity index (χ3v) is 3.05. The average molecular weight is 291 g/mol. The number of aryl methyl sites for hydroxylation is 1. The number of ether oxygens (including phenoxy) is 1. The number of benzene rings is 1. The third kappa shape index (κ3) is 4.30. The minimum absolute atomic E-state index is 0.0824. The second-order valence-corrected chi connectivity index (χ2v) is 4.66. The lowest BCUT2D eigenvalue weighted by atomic mass is 10.1. The summed E-state index contributed by atoms with van der Waals surface area (Å²) in [6.07, 6.45) is 3.30. The second-order valence-electron chi connectivity index (χ2n) is 4.66. The Balaban J connectivity index is 1.82. The molecule has 0 aliphatic carbocycles. The van der Waals surface area contributed by atoms with Crippen molar-refractivity contribution in [3.63, 3.8) is 0 Å².